The summed E-state index contributed by atoms with van der Waals surface area (Å²) in [7, 11) is 0. The lowest BCUT2D eigenvalue weighted by Crippen LogP contribution is -2.20. The number of nitriles is 2. The number of nitrogens with one attached hydrogen (secondary N) is 1. The molecule has 0 unspecified atom stereocenters. The van der Waals surface area contributed by atoms with Crippen molar-refractivity contribution >= 4 is 28.6 Å². The number of thiocarbonyl (C=S) groups is 1. The van der Waals surface area contributed by atoms with E-state index in [1.807, 2.05) is 6.07 Å². The third kappa shape index (κ3) is 3.05. The highest BCUT2D eigenvalue weighted by Crippen LogP contribution is 2.08. The van der Waals surface area contributed by atoms with Crippen LogP contribution in [-0.4, -0.2) is 10.7 Å². The molecule has 0 aliphatic rings. The quantitative estimate of drug-likeness (QED) is 0.460. The molecule has 16 heavy (non-hydrogen) atoms. The predicted octanol–water partition coefficient (Wildman–Crippen LogP) is 1.14. The van der Waals surface area contributed by atoms with Crippen LogP contribution in [0.1, 0.15) is 5.56 Å². The lowest BCUT2D eigenvalue weighted by atomic mass is 10.2. The molecular formula is C10H7N5S. The number of rotatable bonds is 3. The fourth-order valence-electron chi connectivity index (χ4n) is 0.875. The van der Waals surface area contributed by atoms with E-state index in [9.17, 15) is 0 Å². The largest absolute Gasteiger partial charge is 0.387 e. The highest BCUT2D eigenvalue weighted by atomic mass is 32.1. The van der Waals surface area contributed by atoms with Crippen molar-refractivity contribution in [2.75, 3.05) is 5.43 Å². The smallest absolute Gasteiger partial charge is 0.194 e. The SMILES string of the molecule is N#CC(=NNc1ccc(C#N)cc1)C(N)=S. The second-order valence-corrected chi connectivity index (χ2v) is 3.18. The van der Waals surface area contributed by atoms with Gasteiger partial charge in [-0.05, 0) is 24.3 Å². The van der Waals surface area contributed by atoms with Crippen LogP contribution in [0.4, 0.5) is 5.69 Å². The van der Waals surface area contributed by atoms with E-state index in [1.54, 1.807) is 30.3 Å². The zero-order valence-corrected chi connectivity index (χ0v) is 8.95. The third-order valence-electron chi connectivity index (χ3n) is 1.65. The Bertz CT molecular complexity index is 503. The Morgan fingerprint density at radius 3 is 2.38 bits per heavy atom. The fraction of sp³-hybridized carbons (Fsp3) is 0. The van der Waals surface area contributed by atoms with E-state index < -0.39 is 0 Å². The van der Waals surface area contributed by atoms with E-state index in [1.165, 1.54) is 0 Å². The van der Waals surface area contributed by atoms with Gasteiger partial charge in [-0.1, -0.05) is 12.2 Å². The molecule has 0 fully saturated rings. The number of hydrazone groups is 1. The van der Waals surface area contributed by atoms with Crippen molar-refractivity contribution in [3.63, 3.8) is 0 Å². The summed E-state index contributed by atoms with van der Waals surface area (Å²) in [4.78, 5) is -0.0661. The lowest BCUT2D eigenvalue weighted by Gasteiger charge is -2.00. The molecule has 0 aliphatic carbocycles. The summed E-state index contributed by atoms with van der Waals surface area (Å²) in [5.41, 5.74) is 9.01. The Hall–Kier alpha value is -2.44. The Morgan fingerprint density at radius 1 is 1.31 bits per heavy atom. The van der Waals surface area contributed by atoms with Crippen LogP contribution in [0.25, 0.3) is 0 Å². The zero-order valence-electron chi connectivity index (χ0n) is 8.14. The number of nitrogens with zero attached hydrogens (tertiary/aromatic N) is 3. The summed E-state index contributed by atoms with van der Waals surface area (Å²) in [5.74, 6) is 0. The van der Waals surface area contributed by atoms with E-state index in [2.05, 4.69) is 22.7 Å². The first-order valence-electron chi connectivity index (χ1n) is 4.21. The second-order valence-electron chi connectivity index (χ2n) is 2.74. The van der Waals surface area contributed by atoms with Crippen molar-refractivity contribution in [1.29, 1.82) is 10.5 Å². The minimum absolute atomic E-state index is 0.0423. The van der Waals surface area contributed by atoms with E-state index in [0.29, 0.717) is 11.3 Å². The first-order chi connectivity index (χ1) is 7.67. The molecule has 0 atom stereocenters. The summed E-state index contributed by atoms with van der Waals surface area (Å²) in [5, 5.41) is 20.9. The summed E-state index contributed by atoms with van der Waals surface area (Å²) in [6.07, 6.45) is 0. The molecule has 1 aromatic rings. The van der Waals surface area contributed by atoms with Gasteiger partial charge in [-0.15, -0.1) is 0 Å². The molecule has 0 spiro atoms. The molecule has 0 radical (unpaired) electrons. The van der Waals surface area contributed by atoms with Crippen molar-refractivity contribution in [1.82, 2.24) is 0 Å². The van der Waals surface area contributed by atoms with Gasteiger partial charge in [-0.25, -0.2) is 0 Å². The van der Waals surface area contributed by atoms with Gasteiger partial charge in [0.25, 0.3) is 0 Å². The van der Waals surface area contributed by atoms with Gasteiger partial charge >= 0.3 is 0 Å². The fourth-order valence-corrected chi connectivity index (χ4v) is 0.966. The van der Waals surface area contributed by atoms with Crippen LogP contribution in [0, 0.1) is 22.7 Å². The van der Waals surface area contributed by atoms with Gasteiger partial charge in [-0.2, -0.15) is 15.6 Å². The van der Waals surface area contributed by atoms with Crippen LogP contribution >= 0.6 is 12.2 Å². The number of hydrogen-bond donors (Lipinski definition) is 2. The maximum absolute atomic E-state index is 8.63. The molecule has 6 heteroatoms. The number of anilines is 1. The summed E-state index contributed by atoms with van der Waals surface area (Å²) < 4.78 is 0. The Labute approximate surface area is 97.8 Å². The van der Waals surface area contributed by atoms with Gasteiger partial charge in [0.05, 0.1) is 17.3 Å². The average Bonchev–Trinajstić information content (AvgIpc) is 2.30. The van der Waals surface area contributed by atoms with Gasteiger partial charge in [0, 0.05) is 0 Å². The predicted molar refractivity (Wildman–Crippen MR) is 64.6 cm³/mol. The van der Waals surface area contributed by atoms with E-state index in [4.69, 9.17) is 16.3 Å². The van der Waals surface area contributed by atoms with E-state index in [-0.39, 0.29) is 10.7 Å². The molecule has 0 aromatic heterocycles. The monoisotopic (exact) mass is 229 g/mol. The first-order valence-corrected chi connectivity index (χ1v) is 4.62. The van der Waals surface area contributed by atoms with Gasteiger partial charge in [0.2, 0.25) is 0 Å². The highest BCUT2D eigenvalue weighted by Gasteiger charge is 2.00. The summed E-state index contributed by atoms with van der Waals surface area (Å²) in [6.45, 7) is 0. The zero-order chi connectivity index (χ0) is 12.0. The van der Waals surface area contributed by atoms with Gasteiger partial charge < -0.3 is 5.73 Å². The Morgan fingerprint density at radius 2 is 1.94 bits per heavy atom. The van der Waals surface area contributed by atoms with Crippen LogP contribution in [0.3, 0.4) is 0 Å². The Kier molecular flexibility index (Phi) is 3.96. The normalized spacial score (nSPS) is 10.0. The van der Waals surface area contributed by atoms with Crippen LogP contribution < -0.4 is 11.2 Å². The maximum atomic E-state index is 8.63. The second kappa shape index (κ2) is 5.44. The Balaban J connectivity index is 2.79. The van der Waals surface area contributed by atoms with Crippen LogP contribution in [0.15, 0.2) is 29.4 Å². The minimum Gasteiger partial charge on any atom is -0.387 e. The van der Waals surface area contributed by atoms with Crippen molar-refractivity contribution in [2.45, 2.75) is 0 Å². The molecule has 0 aliphatic heterocycles. The lowest BCUT2D eigenvalue weighted by molar-refractivity contribution is 1.34. The van der Waals surface area contributed by atoms with E-state index in [0.717, 1.165) is 0 Å². The number of hydrogen-bond acceptors (Lipinski definition) is 5. The maximum Gasteiger partial charge on any atom is 0.194 e. The minimum atomic E-state index is -0.0661. The van der Waals surface area contributed by atoms with Gasteiger partial charge in [0.15, 0.2) is 5.71 Å². The van der Waals surface area contributed by atoms with Crippen molar-refractivity contribution in [3.05, 3.63) is 29.8 Å². The van der Waals surface area contributed by atoms with Crippen LogP contribution in [0.5, 0.6) is 0 Å². The standard InChI is InChI=1S/C10H7N5S/c11-5-7-1-3-8(4-2-7)14-15-9(6-12)10(13)16/h1-4,14H,(H2,13,16). The molecule has 1 aromatic carbocycles. The molecule has 1 rings (SSSR count). The molecule has 0 heterocycles. The van der Waals surface area contributed by atoms with Gasteiger partial charge in [0.1, 0.15) is 11.1 Å². The molecule has 0 amide bonds. The summed E-state index contributed by atoms with van der Waals surface area (Å²) >= 11 is 4.61. The molecule has 0 saturated heterocycles. The number of nitrogens with two attached hydrogens (primary N) is 1. The third-order valence-corrected chi connectivity index (χ3v) is 1.84. The van der Waals surface area contributed by atoms with E-state index >= 15 is 0 Å². The molecule has 5 nitrogen and oxygen atoms in total. The van der Waals surface area contributed by atoms with Crippen molar-refractivity contribution in [2.24, 2.45) is 10.8 Å². The topological polar surface area (TPSA) is 98.0 Å². The summed E-state index contributed by atoms with van der Waals surface area (Å²) in [6, 6.07) is 10.3. The molecule has 0 saturated carbocycles. The van der Waals surface area contributed by atoms with Gasteiger partial charge in [-0.3, -0.25) is 5.43 Å². The first kappa shape index (κ1) is 11.6. The molecular weight excluding hydrogens is 222 g/mol. The molecule has 3 N–H and O–H groups in total. The van der Waals surface area contributed by atoms with Crippen LogP contribution in [0.2, 0.25) is 0 Å². The number of benzene rings is 1. The van der Waals surface area contributed by atoms with Crippen LogP contribution in [-0.2, 0) is 0 Å². The molecule has 78 valence electrons. The van der Waals surface area contributed by atoms with Crippen molar-refractivity contribution < 1.29 is 0 Å². The average molecular weight is 229 g/mol. The van der Waals surface area contributed by atoms with Crippen molar-refractivity contribution in [3.8, 4) is 12.1 Å². The highest BCUT2D eigenvalue weighted by molar-refractivity contribution is 7.82. The molecule has 0 bridgehead atoms.